The van der Waals surface area contributed by atoms with Gasteiger partial charge in [0.1, 0.15) is 12.1 Å². The third-order valence-corrected chi connectivity index (χ3v) is 6.79. The molecule has 2 aromatic heterocycles. The molecule has 1 atom stereocenters. The average Bonchev–Trinajstić information content (AvgIpc) is 3.51. The molecular weight excluding hydrogens is 524 g/mol. The number of benzene rings is 2. The van der Waals surface area contributed by atoms with E-state index in [1.54, 1.807) is 56.0 Å². The first kappa shape index (κ1) is 27.8. The molecule has 11 nitrogen and oxygen atoms in total. The quantitative estimate of drug-likeness (QED) is 0.223. The van der Waals surface area contributed by atoms with E-state index in [-0.39, 0.29) is 30.5 Å². The van der Waals surface area contributed by atoms with Gasteiger partial charge in [0.2, 0.25) is 5.95 Å². The van der Waals surface area contributed by atoms with Crippen molar-refractivity contribution in [2.75, 3.05) is 24.4 Å². The Labute approximate surface area is 237 Å². The second-order valence-electron chi connectivity index (χ2n) is 9.71. The highest BCUT2D eigenvalue weighted by atomic mass is 16.5. The van der Waals surface area contributed by atoms with Crippen molar-refractivity contribution in [1.29, 1.82) is 0 Å². The maximum atomic E-state index is 12.4. The molecule has 4 N–H and O–H groups in total. The molecule has 0 spiro atoms. The summed E-state index contributed by atoms with van der Waals surface area (Å²) in [4.78, 5) is 37.6. The number of amides is 1. The number of nitrogens with one attached hydrogen (secondary N) is 2. The number of esters is 1. The predicted octanol–water partition coefficient (Wildman–Crippen LogP) is 4.61. The van der Waals surface area contributed by atoms with Gasteiger partial charge in [-0.2, -0.15) is 0 Å². The number of hydrogen-bond acceptors (Lipinski definition) is 10. The van der Waals surface area contributed by atoms with E-state index in [2.05, 4.69) is 25.6 Å². The van der Waals surface area contributed by atoms with Crippen LogP contribution in [0.25, 0.3) is 10.9 Å². The van der Waals surface area contributed by atoms with Crippen molar-refractivity contribution in [2.45, 2.75) is 44.2 Å². The molecule has 2 aromatic carbocycles. The molecule has 1 amide bonds. The molecule has 0 saturated heterocycles. The van der Waals surface area contributed by atoms with Crippen LogP contribution in [0.3, 0.4) is 0 Å². The second kappa shape index (κ2) is 13.1. The first-order valence-electron chi connectivity index (χ1n) is 13.5. The van der Waals surface area contributed by atoms with Crippen molar-refractivity contribution in [3.63, 3.8) is 0 Å². The van der Waals surface area contributed by atoms with Gasteiger partial charge in [0, 0.05) is 35.3 Å². The number of nitrogens with two attached hydrogens (primary N) is 1. The summed E-state index contributed by atoms with van der Waals surface area (Å²) in [5.74, 6) is 0.509. The maximum absolute atomic E-state index is 12.4. The fourth-order valence-electron chi connectivity index (χ4n) is 4.58. The van der Waals surface area contributed by atoms with Gasteiger partial charge in [-0.05, 0) is 49.9 Å². The minimum Gasteiger partial charge on any atom is -0.493 e. The van der Waals surface area contributed by atoms with Crippen molar-refractivity contribution < 1.29 is 23.8 Å². The first-order chi connectivity index (χ1) is 20.0. The van der Waals surface area contributed by atoms with Gasteiger partial charge in [-0.1, -0.05) is 18.2 Å². The van der Waals surface area contributed by atoms with Gasteiger partial charge in [0.25, 0.3) is 5.91 Å². The number of carbonyl (C=O) groups excluding carboxylic acids is 2. The molecule has 0 radical (unpaired) electrons. The molecule has 1 aliphatic rings. The third kappa shape index (κ3) is 7.06. The van der Waals surface area contributed by atoms with Crippen LogP contribution in [0.4, 0.5) is 17.3 Å². The third-order valence-electron chi connectivity index (χ3n) is 6.79. The highest BCUT2D eigenvalue weighted by molar-refractivity contribution is 6.03. The van der Waals surface area contributed by atoms with Crippen molar-refractivity contribution in [3.8, 4) is 11.5 Å². The molecule has 1 unspecified atom stereocenters. The van der Waals surface area contributed by atoms with Crippen molar-refractivity contribution in [3.05, 3.63) is 72.7 Å². The van der Waals surface area contributed by atoms with Crippen LogP contribution in [0, 0.1) is 0 Å². The van der Waals surface area contributed by atoms with E-state index in [1.165, 1.54) is 0 Å². The summed E-state index contributed by atoms with van der Waals surface area (Å²) in [7, 11) is 1.55. The monoisotopic (exact) mass is 556 g/mol. The Hall–Kier alpha value is -4.77. The number of methoxy groups -OCH3 is 1. The maximum Gasteiger partial charge on any atom is 0.323 e. The number of aromatic nitrogens is 3. The molecule has 5 rings (SSSR count). The van der Waals surface area contributed by atoms with Gasteiger partial charge < -0.3 is 25.3 Å². The lowest BCUT2D eigenvalue weighted by atomic mass is 10.1. The van der Waals surface area contributed by atoms with Crippen LogP contribution in [-0.4, -0.2) is 52.7 Å². The summed E-state index contributed by atoms with van der Waals surface area (Å²) in [5.41, 5.74) is 8.59. The lowest BCUT2D eigenvalue weighted by Crippen LogP contribution is -2.35. The van der Waals surface area contributed by atoms with E-state index in [0.717, 1.165) is 36.8 Å². The van der Waals surface area contributed by atoms with E-state index in [1.807, 2.05) is 18.2 Å². The van der Waals surface area contributed by atoms with Crippen molar-refractivity contribution >= 4 is 40.1 Å². The van der Waals surface area contributed by atoms with Crippen LogP contribution in [-0.2, 0) is 9.53 Å². The van der Waals surface area contributed by atoms with Gasteiger partial charge >= 0.3 is 5.97 Å². The topological polar surface area (TPSA) is 151 Å². The van der Waals surface area contributed by atoms with Crippen LogP contribution in [0.2, 0.25) is 0 Å². The highest BCUT2D eigenvalue weighted by Gasteiger charge is 2.23. The number of pyridine rings is 1. The SMILES string of the molecule is COc1cc2c(Nc3cnc(NC(=O)c4ccccc4)nc3)ccnc2cc1OCCC(N)C(=O)OC1CCCC1. The summed E-state index contributed by atoms with van der Waals surface area (Å²) in [6.45, 7) is 0.214. The first-order valence-corrected chi connectivity index (χ1v) is 13.5. The Bertz CT molecular complexity index is 1490. The molecule has 212 valence electrons. The summed E-state index contributed by atoms with van der Waals surface area (Å²) in [6, 6.07) is 13.5. The van der Waals surface area contributed by atoms with Crippen LogP contribution < -0.4 is 25.8 Å². The normalized spacial score (nSPS) is 13.9. The van der Waals surface area contributed by atoms with Crippen LogP contribution in [0.5, 0.6) is 11.5 Å². The molecule has 1 saturated carbocycles. The molecule has 1 aliphatic carbocycles. The fourth-order valence-corrected chi connectivity index (χ4v) is 4.58. The van der Waals surface area contributed by atoms with E-state index in [0.29, 0.717) is 34.7 Å². The van der Waals surface area contributed by atoms with Gasteiger partial charge in [0.15, 0.2) is 11.5 Å². The minimum atomic E-state index is -0.753. The summed E-state index contributed by atoms with van der Waals surface area (Å²) >= 11 is 0. The lowest BCUT2D eigenvalue weighted by Gasteiger charge is -2.17. The Morgan fingerprint density at radius 1 is 1.02 bits per heavy atom. The molecule has 2 heterocycles. The number of hydrogen-bond donors (Lipinski definition) is 3. The summed E-state index contributed by atoms with van der Waals surface area (Å²) in [6.07, 6.45) is 9.08. The molecular formula is C30H32N6O5. The molecule has 0 bridgehead atoms. The molecule has 11 heteroatoms. The molecule has 1 fully saturated rings. The Kier molecular flexibility index (Phi) is 8.85. The summed E-state index contributed by atoms with van der Waals surface area (Å²) in [5, 5.41) is 6.76. The second-order valence-corrected chi connectivity index (χ2v) is 9.71. The standard InChI is InChI=1S/C30H32N6O5/c1-39-26-15-22-24(35-20-17-33-30(34-18-20)36-28(37)19-7-3-2-4-8-19)11-13-32-25(22)16-27(26)40-14-12-23(31)29(38)41-21-9-5-6-10-21/h2-4,7-8,11,13,15-18,21,23H,5-6,9-10,12,14,31H2,1H3,(H,32,35)(H,33,34,36,37). The smallest absolute Gasteiger partial charge is 0.323 e. The predicted molar refractivity (Wildman–Crippen MR) is 154 cm³/mol. The zero-order valence-electron chi connectivity index (χ0n) is 22.7. The van der Waals surface area contributed by atoms with Crippen molar-refractivity contribution in [1.82, 2.24) is 15.0 Å². The number of rotatable bonds is 11. The van der Waals surface area contributed by atoms with Gasteiger partial charge in [-0.25, -0.2) is 9.97 Å². The van der Waals surface area contributed by atoms with E-state index in [9.17, 15) is 9.59 Å². The summed E-state index contributed by atoms with van der Waals surface area (Å²) < 4.78 is 17.0. The minimum absolute atomic E-state index is 0.0195. The number of ether oxygens (including phenoxy) is 3. The molecule has 0 aliphatic heterocycles. The van der Waals surface area contributed by atoms with Gasteiger partial charge in [0.05, 0.1) is 37.3 Å². The Balaban J connectivity index is 1.22. The number of anilines is 3. The van der Waals surface area contributed by atoms with Crippen molar-refractivity contribution in [2.24, 2.45) is 5.73 Å². The largest absolute Gasteiger partial charge is 0.493 e. The Morgan fingerprint density at radius 3 is 2.51 bits per heavy atom. The highest BCUT2D eigenvalue weighted by Crippen LogP contribution is 2.35. The van der Waals surface area contributed by atoms with E-state index >= 15 is 0 Å². The van der Waals surface area contributed by atoms with Gasteiger partial charge in [-0.15, -0.1) is 0 Å². The number of carbonyl (C=O) groups is 2. The average molecular weight is 557 g/mol. The molecule has 4 aromatic rings. The Morgan fingerprint density at radius 2 is 1.78 bits per heavy atom. The zero-order valence-corrected chi connectivity index (χ0v) is 22.7. The van der Waals surface area contributed by atoms with Crippen LogP contribution >= 0.6 is 0 Å². The lowest BCUT2D eigenvalue weighted by molar-refractivity contribution is -0.150. The van der Waals surface area contributed by atoms with Gasteiger partial charge in [-0.3, -0.25) is 19.9 Å². The number of nitrogens with zero attached hydrogens (tertiary/aromatic N) is 3. The van der Waals surface area contributed by atoms with Crippen LogP contribution in [0.15, 0.2) is 67.1 Å². The molecule has 41 heavy (non-hydrogen) atoms. The number of fused-ring (bicyclic) bond motifs is 1. The zero-order chi connectivity index (χ0) is 28.6. The van der Waals surface area contributed by atoms with E-state index in [4.69, 9.17) is 19.9 Å². The fraction of sp³-hybridized carbons (Fsp3) is 0.300. The van der Waals surface area contributed by atoms with Crippen LogP contribution in [0.1, 0.15) is 42.5 Å². The van der Waals surface area contributed by atoms with E-state index < -0.39 is 6.04 Å².